The van der Waals surface area contributed by atoms with E-state index in [0.29, 0.717) is 18.2 Å². The van der Waals surface area contributed by atoms with E-state index in [2.05, 4.69) is 27.9 Å². The molecule has 0 radical (unpaired) electrons. The van der Waals surface area contributed by atoms with E-state index < -0.39 is 17.6 Å². The minimum Gasteiger partial charge on any atom is -0.324 e. The zero-order chi connectivity index (χ0) is 14.1. The molecule has 0 bridgehead atoms. The molecule has 18 heavy (non-hydrogen) atoms. The first-order chi connectivity index (χ1) is 8.05. The van der Waals surface area contributed by atoms with E-state index in [0.717, 1.165) is 3.57 Å². The molecule has 0 saturated carbocycles. The summed E-state index contributed by atoms with van der Waals surface area (Å²) in [4.78, 5) is 11.6. The fourth-order valence-corrected chi connectivity index (χ4v) is 1.80. The summed E-state index contributed by atoms with van der Waals surface area (Å²) in [5, 5.41) is 2.20. The molecular weight excluding hydrogens is 360 g/mol. The molecule has 0 aliphatic carbocycles. The number of nitrogens with one attached hydrogen (secondary N) is 1. The van der Waals surface area contributed by atoms with Crippen molar-refractivity contribution in [3.8, 4) is 0 Å². The Kier molecular flexibility index (Phi) is 4.26. The number of alkyl halides is 3. The van der Waals surface area contributed by atoms with Gasteiger partial charge in [0.25, 0.3) is 5.91 Å². The number of amides is 1. The van der Waals surface area contributed by atoms with E-state index >= 15 is 0 Å². The minimum absolute atomic E-state index is 0.321. The van der Waals surface area contributed by atoms with Crippen molar-refractivity contribution < 1.29 is 18.0 Å². The lowest BCUT2D eigenvalue weighted by atomic mass is 10.0. The molecule has 3 nitrogen and oxygen atoms in total. The lowest BCUT2D eigenvalue weighted by Gasteiger charge is -2.26. The van der Waals surface area contributed by atoms with Gasteiger partial charge in [0, 0.05) is 9.26 Å². The maximum Gasteiger partial charge on any atom is 0.415 e. The van der Waals surface area contributed by atoms with Crippen molar-refractivity contribution in [3.05, 3.63) is 27.3 Å². The summed E-state index contributed by atoms with van der Waals surface area (Å²) in [5.41, 5.74) is 3.11. The van der Waals surface area contributed by atoms with Gasteiger partial charge in [0.1, 0.15) is 0 Å². The number of benzene rings is 1. The van der Waals surface area contributed by atoms with Gasteiger partial charge >= 0.3 is 6.18 Å². The van der Waals surface area contributed by atoms with Gasteiger partial charge < -0.3 is 11.1 Å². The van der Waals surface area contributed by atoms with Crippen molar-refractivity contribution in [2.24, 2.45) is 5.73 Å². The minimum atomic E-state index is -4.80. The first kappa shape index (κ1) is 15.2. The molecule has 0 aliphatic rings. The number of anilines is 1. The van der Waals surface area contributed by atoms with Crippen molar-refractivity contribution in [1.29, 1.82) is 0 Å². The maximum absolute atomic E-state index is 12.6. The van der Waals surface area contributed by atoms with Gasteiger partial charge in [-0.05, 0) is 60.2 Å². The molecule has 0 heterocycles. The lowest BCUT2D eigenvalue weighted by Crippen LogP contribution is -2.59. The number of hydrogen-bond acceptors (Lipinski definition) is 2. The van der Waals surface area contributed by atoms with Crippen LogP contribution in [0.5, 0.6) is 0 Å². The van der Waals surface area contributed by atoms with Crippen molar-refractivity contribution in [2.45, 2.75) is 25.6 Å². The van der Waals surface area contributed by atoms with Crippen molar-refractivity contribution in [1.82, 2.24) is 0 Å². The van der Waals surface area contributed by atoms with Crippen LogP contribution in [0.2, 0.25) is 0 Å². The van der Waals surface area contributed by atoms with Crippen LogP contribution in [-0.2, 0) is 4.79 Å². The molecule has 100 valence electrons. The molecule has 0 aliphatic heterocycles. The van der Waals surface area contributed by atoms with Gasteiger partial charge in [-0.25, -0.2) is 0 Å². The molecule has 7 heteroatoms. The number of carbonyl (C=O) groups excluding carboxylic acids is 1. The first-order valence-corrected chi connectivity index (χ1v) is 6.07. The highest BCUT2D eigenvalue weighted by molar-refractivity contribution is 14.1. The van der Waals surface area contributed by atoms with Gasteiger partial charge in [0.15, 0.2) is 5.54 Å². The normalized spacial score (nSPS) is 15.1. The molecule has 0 fully saturated rings. The van der Waals surface area contributed by atoms with E-state index in [1.807, 2.05) is 0 Å². The third-order valence-electron chi connectivity index (χ3n) is 2.50. The van der Waals surface area contributed by atoms with Crippen LogP contribution in [0.1, 0.15) is 12.5 Å². The fourth-order valence-electron chi connectivity index (χ4n) is 1.15. The SMILES string of the molecule is Cc1cc(I)ccc1NC(=O)C(C)(N)C(F)(F)F. The Morgan fingerprint density at radius 1 is 1.39 bits per heavy atom. The van der Waals surface area contributed by atoms with Gasteiger partial charge in [-0.3, -0.25) is 4.79 Å². The summed E-state index contributed by atoms with van der Waals surface area (Å²) in [6.07, 6.45) is -4.80. The van der Waals surface area contributed by atoms with Crippen LogP contribution in [0.3, 0.4) is 0 Å². The second-order valence-corrected chi connectivity index (χ2v) is 5.36. The van der Waals surface area contributed by atoms with Gasteiger partial charge in [0.05, 0.1) is 0 Å². The quantitative estimate of drug-likeness (QED) is 0.785. The van der Waals surface area contributed by atoms with Crippen LogP contribution < -0.4 is 11.1 Å². The topological polar surface area (TPSA) is 55.1 Å². The largest absolute Gasteiger partial charge is 0.415 e. The smallest absolute Gasteiger partial charge is 0.324 e. The zero-order valence-corrected chi connectivity index (χ0v) is 11.9. The highest BCUT2D eigenvalue weighted by Gasteiger charge is 2.54. The van der Waals surface area contributed by atoms with Crippen LogP contribution in [0.4, 0.5) is 18.9 Å². The molecular formula is C11H12F3IN2O. The van der Waals surface area contributed by atoms with E-state index in [1.54, 1.807) is 25.1 Å². The Hall–Kier alpha value is -0.830. The molecule has 1 aromatic rings. The lowest BCUT2D eigenvalue weighted by molar-refractivity contribution is -0.184. The van der Waals surface area contributed by atoms with Crippen LogP contribution in [0.15, 0.2) is 18.2 Å². The van der Waals surface area contributed by atoms with Crippen LogP contribution in [0.25, 0.3) is 0 Å². The van der Waals surface area contributed by atoms with Crippen LogP contribution in [-0.4, -0.2) is 17.6 Å². The third kappa shape index (κ3) is 3.14. The highest BCUT2D eigenvalue weighted by Crippen LogP contribution is 2.29. The Labute approximate surface area is 116 Å². The molecule has 0 aromatic heterocycles. The van der Waals surface area contributed by atoms with E-state index in [4.69, 9.17) is 5.73 Å². The average molecular weight is 372 g/mol. The van der Waals surface area contributed by atoms with Gasteiger partial charge in [-0.15, -0.1) is 0 Å². The number of hydrogen-bond donors (Lipinski definition) is 2. The Balaban J connectivity index is 2.95. The number of carbonyl (C=O) groups is 1. The maximum atomic E-state index is 12.6. The summed E-state index contributed by atoms with van der Waals surface area (Å²) < 4.78 is 38.6. The Morgan fingerprint density at radius 3 is 2.39 bits per heavy atom. The number of aryl methyl sites for hydroxylation is 1. The van der Waals surface area contributed by atoms with E-state index in [9.17, 15) is 18.0 Å². The second-order valence-electron chi connectivity index (χ2n) is 4.11. The fraction of sp³-hybridized carbons (Fsp3) is 0.364. The van der Waals surface area contributed by atoms with Gasteiger partial charge in [0.2, 0.25) is 0 Å². The Morgan fingerprint density at radius 2 is 1.94 bits per heavy atom. The molecule has 1 amide bonds. The average Bonchev–Trinajstić information content (AvgIpc) is 2.20. The van der Waals surface area contributed by atoms with Gasteiger partial charge in [-0.2, -0.15) is 13.2 Å². The first-order valence-electron chi connectivity index (χ1n) is 4.99. The van der Waals surface area contributed by atoms with Crippen molar-refractivity contribution >= 4 is 34.2 Å². The Bertz CT molecular complexity index is 472. The summed E-state index contributed by atoms with van der Waals surface area (Å²) in [7, 11) is 0. The summed E-state index contributed by atoms with van der Waals surface area (Å²) in [6, 6.07) is 4.98. The summed E-state index contributed by atoms with van der Waals surface area (Å²) in [6.45, 7) is 2.34. The molecule has 1 unspecified atom stereocenters. The van der Waals surface area contributed by atoms with Crippen molar-refractivity contribution in [3.63, 3.8) is 0 Å². The van der Waals surface area contributed by atoms with E-state index in [-0.39, 0.29) is 0 Å². The van der Waals surface area contributed by atoms with Crippen molar-refractivity contribution in [2.75, 3.05) is 5.32 Å². The number of nitrogens with two attached hydrogens (primary N) is 1. The third-order valence-corrected chi connectivity index (χ3v) is 3.17. The van der Waals surface area contributed by atoms with E-state index in [1.165, 1.54) is 0 Å². The molecule has 1 atom stereocenters. The molecule has 0 saturated heterocycles. The molecule has 3 N–H and O–H groups in total. The zero-order valence-electron chi connectivity index (χ0n) is 9.73. The number of halogens is 4. The van der Waals surface area contributed by atoms with Crippen LogP contribution >= 0.6 is 22.6 Å². The molecule has 1 rings (SSSR count). The summed E-state index contributed by atoms with van der Waals surface area (Å²) >= 11 is 2.07. The van der Waals surface area contributed by atoms with Crippen LogP contribution in [0, 0.1) is 10.5 Å². The monoisotopic (exact) mass is 372 g/mol. The highest BCUT2D eigenvalue weighted by atomic mass is 127. The standard InChI is InChI=1S/C11H12F3IN2O/c1-6-5-7(15)3-4-8(6)17-9(18)10(2,16)11(12,13)14/h3-5H,16H2,1-2H3,(H,17,18). The summed E-state index contributed by atoms with van der Waals surface area (Å²) in [5.74, 6) is -1.28. The second kappa shape index (κ2) is 5.04. The molecule has 0 spiro atoms. The predicted molar refractivity (Wildman–Crippen MR) is 71.2 cm³/mol. The number of rotatable bonds is 2. The van der Waals surface area contributed by atoms with Gasteiger partial charge in [-0.1, -0.05) is 0 Å². The molecule has 1 aromatic carbocycles. The predicted octanol–water partition coefficient (Wildman–Crippen LogP) is 2.82.